The highest BCUT2D eigenvalue weighted by Gasteiger charge is 2.28. The van der Waals surface area contributed by atoms with Crippen LogP contribution in [0, 0.1) is 11.7 Å². The van der Waals surface area contributed by atoms with Gasteiger partial charge in [-0.3, -0.25) is 9.59 Å². The Balaban J connectivity index is 2.05. The highest BCUT2D eigenvalue weighted by atomic mass is 35.5. The van der Waals surface area contributed by atoms with Crippen molar-refractivity contribution in [2.24, 2.45) is 5.92 Å². The minimum Gasteiger partial charge on any atom is -0.349 e. The summed E-state index contributed by atoms with van der Waals surface area (Å²) >= 11 is 11.8. The third kappa shape index (κ3) is 4.28. The van der Waals surface area contributed by atoms with Gasteiger partial charge in [0.15, 0.2) is 0 Å². The molecule has 2 atom stereocenters. The second-order valence-electron chi connectivity index (χ2n) is 5.85. The SMILES string of the molecule is C=CC(=O)N1CCCC(C(=O)NC(C)c2cc(F)c(Cl)cc2Cl)C1. The van der Waals surface area contributed by atoms with Gasteiger partial charge in [-0.05, 0) is 43.5 Å². The van der Waals surface area contributed by atoms with Crippen LogP contribution >= 0.6 is 23.2 Å². The summed E-state index contributed by atoms with van der Waals surface area (Å²) in [5, 5.41) is 3.06. The molecule has 2 amide bonds. The van der Waals surface area contributed by atoms with Crippen LogP contribution in [0.3, 0.4) is 0 Å². The van der Waals surface area contributed by atoms with Crippen LogP contribution in [-0.2, 0) is 9.59 Å². The van der Waals surface area contributed by atoms with Gasteiger partial charge in [-0.2, -0.15) is 0 Å². The van der Waals surface area contributed by atoms with Gasteiger partial charge in [0.1, 0.15) is 5.82 Å². The number of halogens is 3. The summed E-state index contributed by atoms with van der Waals surface area (Å²) in [6.07, 6.45) is 2.70. The Morgan fingerprint density at radius 1 is 1.42 bits per heavy atom. The molecule has 0 bridgehead atoms. The molecule has 0 saturated carbocycles. The van der Waals surface area contributed by atoms with Crippen molar-refractivity contribution in [2.45, 2.75) is 25.8 Å². The molecule has 130 valence electrons. The molecule has 1 saturated heterocycles. The molecule has 0 spiro atoms. The van der Waals surface area contributed by atoms with Crippen LogP contribution in [-0.4, -0.2) is 29.8 Å². The van der Waals surface area contributed by atoms with Crippen molar-refractivity contribution in [3.8, 4) is 0 Å². The maximum atomic E-state index is 13.6. The number of hydrogen-bond acceptors (Lipinski definition) is 2. The van der Waals surface area contributed by atoms with Gasteiger partial charge in [-0.15, -0.1) is 0 Å². The van der Waals surface area contributed by atoms with Crippen molar-refractivity contribution in [2.75, 3.05) is 13.1 Å². The summed E-state index contributed by atoms with van der Waals surface area (Å²) < 4.78 is 13.6. The zero-order chi connectivity index (χ0) is 17.9. The van der Waals surface area contributed by atoms with Crippen molar-refractivity contribution < 1.29 is 14.0 Å². The van der Waals surface area contributed by atoms with Gasteiger partial charge < -0.3 is 10.2 Å². The molecule has 1 aromatic carbocycles. The van der Waals surface area contributed by atoms with Crippen LogP contribution in [0.15, 0.2) is 24.8 Å². The Morgan fingerprint density at radius 2 is 2.12 bits per heavy atom. The smallest absolute Gasteiger partial charge is 0.245 e. The first-order valence-electron chi connectivity index (χ1n) is 7.69. The van der Waals surface area contributed by atoms with E-state index in [1.54, 1.807) is 11.8 Å². The molecule has 0 radical (unpaired) electrons. The molecule has 2 rings (SSSR count). The average molecular weight is 373 g/mol. The van der Waals surface area contributed by atoms with Crippen molar-refractivity contribution in [3.63, 3.8) is 0 Å². The summed E-state index contributed by atoms with van der Waals surface area (Å²) in [4.78, 5) is 25.8. The zero-order valence-corrected chi connectivity index (χ0v) is 14.8. The van der Waals surface area contributed by atoms with E-state index in [4.69, 9.17) is 23.2 Å². The van der Waals surface area contributed by atoms with Gasteiger partial charge in [0.2, 0.25) is 11.8 Å². The molecule has 1 aliphatic rings. The molecule has 7 heteroatoms. The molecular weight excluding hydrogens is 354 g/mol. The molecule has 4 nitrogen and oxygen atoms in total. The van der Waals surface area contributed by atoms with E-state index in [0.717, 1.165) is 6.42 Å². The molecular formula is C17H19Cl2FN2O2. The largest absolute Gasteiger partial charge is 0.349 e. The number of nitrogens with one attached hydrogen (secondary N) is 1. The van der Waals surface area contributed by atoms with E-state index in [1.165, 1.54) is 18.2 Å². The summed E-state index contributed by atoms with van der Waals surface area (Å²) in [7, 11) is 0. The molecule has 2 unspecified atom stereocenters. The lowest BCUT2D eigenvalue weighted by Gasteiger charge is -2.32. The van der Waals surface area contributed by atoms with Crippen LogP contribution < -0.4 is 5.32 Å². The fraction of sp³-hybridized carbons (Fsp3) is 0.412. The average Bonchev–Trinajstić information content (AvgIpc) is 2.57. The monoisotopic (exact) mass is 372 g/mol. The lowest BCUT2D eigenvalue weighted by Crippen LogP contribution is -2.45. The first kappa shape index (κ1) is 18.7. The van der Waals surface area contributed by atoms with Gasteiger partial charge in [-0.25, -0.2) is 4.39 Å². The minimum absolute atomic E-state index is 0.0619. The van der Waals surface area contributed by atoms with Crippen LogP contribution in [0.4, 0.5) is 4.39 Å². The third-order valence-electron chi connectivity index (χ3n) is 4.14. The predicted molar refractivity (Wildman–Crippen MR) is 92.5 cm³/mol. The lowest BCUT2D eigenvalue weighted by molar-refractivity contribution is -0.132. The standard InChI is InChI=1S/C17H19Cl2FN2O2/c1-3-16(23)22-6-4-5-11(9-22)17(24)21-10(2)12-7-15(20)14(19)8-13(12)18/h3,7-8,10-11H,1,4-6,9H2,2H3,(H,21,24). The summed E-state index contributed by atoms with van der Waals surface area (Å²) in [6.45, 7) is 6.17. The molecule has 1 heterocycles. The van der Waals surface area contributed by atoms with Crippen molar-refractivity contribution in [1.82, 2.24) is 10.2 Å². The van der Waals surface area contributed by atoms with E-state index in [9.17, 15) is 14.0 Å². The zero-order valence-electron chi connectivity index (χ0n) is 13.3. The maximum absolute atomic E-state index is 13.6. The Hall–Kier alpha value is -1.59. The van der Waals surface area contributed by atoms with Crippen LogP contribution in [0.2, 0.25) is 10.0 Å². The number of carbonyl (C=O) groups excluding carboxylic acids is 2. The Labute approximate surface area is 150 Å². The maximum Gasteiger partial charge on any atom is 0.245 e. The first-order valence-corrected chi connectivity index (χ1v) is 8.45. The van der Waals surface area contributed by atoms with Gasteiger partial charge in [-0.1, -0.05) is 29.8 Å². The van der Waals surface area contributed by atoms with E-state index >= 15 is 0 Å². The van der Waals surface area contributed by atoms with Gasteiger partial charge in [0.25, 0.3) is 0 Å². The molecule has 0 aliphatic carbocycles. The number of nitrogens with zero attached hydrogens (tertiary/aromatic N) is 1. The lowest BCUT2D eigenvalue weighted by atomic mass is 9.96. The van der Waals surface area contributed by atoms with Crippen molar-refractivity contribution in [1.29, 1.82) is 0 Å². The molecule has 1 N–H and O–H groups in total. The number of hydrogen-bond donors (Lipinski definition) is 1. The second-order valence-corrected chi connectivity index (χ2v) is 6.66. The highest BCUT2D eigenvalue weighted by molar-refractivity contribution is 6.35. The normalized spacial score (nSPS) is 18.8. The molecule has 1 aliphatic heterocycles. The molecule has 1 aromatic rings. The van der Waals surface area contributed by atoms with Gasteiger partial charge in [0.05, 0.1) is 17.0 Å². The number of likely N-dealkylation sites (tertiary alicyclic amines) is 1. The Kier molecular flexibility index (Phi) is 6.24. The number of rotatable bonds is 4. The fourth-order valence-corrected chi connectivity index (χ4v) is 3.35. The summed E-state index contributed by atoms with van der Waals surface area (Å²) in [5.41, 5.74) is 0.460. The van der Waals surface area contributed by atoms with E-state index in [0.29, 0.717) is 30.1 Å². The number of carbonyl (C=O) groups is 2. The molecule has 1 fully saturated rings. The van der Waals surface area contributed by atoms with E-state index in [-0.39, 0.29) is 22.8 Å². The van der Waals surface area contributed by atoms with Crippen LogP contribution in [0.25, 0.3) is 0 Å². The van der Waals surface area contributed by atoms with Crippen LogP contribution in [0.1, 0.15) is 31.4 Å². The van der Waals surface area contributed by atoms with Crippen molar-refractivity contribution >= 4 is 35.0 Å². The number of piperidine rings is 1. The number of amides is 2. The van der Waals surface area contributed by atoms with Gasteiger partial charge >= 0.3 is 0 Å². The summed E-state index contributed by atoms with van der Waals surface area (Å²) in [6, 6.07) is 2.08. The van der Waals surface area contributed by atoms with Crippen LogP contribution in [0.5, 0.6) is 0 Å². The first-order chi connectivity index (χ1) is 11.3. The predicted octanol–water partition coefficient (Wildman–Crippen LogP) is 3.73. The second kappa shape index (κ2) is 7.99. The summed E-state index contributed by atoms with van der Waals surface area (Å²) in [5.74, 6) is -1.25. The van der Waals surface area contributed by atoms with E-state index < -0.39 is 11.9 Å². The Morgan fingerprint density at radius 3 is 2.79 bits per heavy atom. The minimum atomic E-state index is -0.586. The number of benzene rings is 1. The molecule has 24 heavy (non-hydrogen) atoms. The highest BCUT2D eigenvalue weighted by Crippen LogP contribution is 2.29. The Bertz CT molecular complexity index is 666. The third-order valence-corrected chi connectivity index (χ3v) is 4.76. The van der Waals surface area contributed by atoms with Crippen molar-refractivity contribution in [3.05, 3.63) is 46.2 Å². The fourth-order valence-electron chi connectivity index (χ4n) is 2.80. The molecule has 0 aromatic heterocycles. The van der Waals surface area contributed by atoms with E-state index in [2.05, 4.69) is 11.9 Å². The quantitative estimate of drug-likeness (QED) is 0.646. The van der Waals surface area contributed by atoms with Gasteiger partial charge in [0, 0.05) is 18.1 Å². The topological polar surface area (TPSA) is 49.4 Å². The van der Waals surface area contributed by atoms with E-state index in [1.807, 2.05) is 0 Å².